The van der Waals surface area contributed by atoms with E-state index in [0.29, 0.717) is 24.7 Å². The Hall–Kier alpha value is -1.17. The van der Waals surface area contributed by atoms with Crippen molar-refractivity contribution in [1.82, 2.24) is 5.32 Å². The van der Waals surface area contributed by atoms with Gasteiger partial charge in [0.25, 0.3) is 0 Å². The molecule has 0 aliphatic carbocycles. The van der Waals surface area contributed by atoms with Gasteiger partial charge in [-0.25, -0.2) is 0 Å². The Morgan fingerprint density at radius 2 is 2.33 bits per heavy atom. The number of hydrogen-bond donors (Lipinski definition) is 2. The minimum Gasteiger partial charge on any atom is -0.482 e. The van der Waals surface area contributed by atoms with Gasteiger partial charge >= 0.3 is 0 Å². The van der Waals surface area contributed by atoms with Gasteiger partial charge in [-0.1, -0.05) is 17.7 Å². The summed E-state index contributed by atoms with van der Waals surface area (Å²) in [6.07, 6.45) is -0.514. The zero-order valence-electron chi connectivity index (χ0n) is 9.80. The second-order valence-electron chi connectivity index (χ2n) is 4.36. The molecule has 5 nitrogen and oxygen atoms in total. The van der Waals surface area contributed by atoms with Crippen molar-refractivity contribution in [3.05, 3.63) is 18.2 Å². The maximum Gasteiger partial charge on any atom is 0.206 e. The minimum atomic E-state index is -0.514. The lowest BCUT2D eigenvalue weighted by molar-refractivity contribution is 0.128. The lowest BCUT2D eigenvalue weighted by Crippen LogP contribution is -2.50. The van der Waals surface area contributed by atoms with Gasteiger partial charge in [0, 0.05) is 13.1 Å². The van der Waals surface area contributed by atoms with Crippen molar-refractivity contribution in [3.8, 4) is 11.5 Å². The van der Waals surface area contributed by atoms with Crippen molar-refractivity contribution in [3.63, 3.8) is 0 Å². The zero-order chi connectivity index (χ0) is 12.5. The molecule has 2 heterocycles. The number of para-hydroxylation sites is 1. The van der Waals surface area contributed by atoms with Crippen molar-refractivity contribution in [2.24, 2.45) is 0 Å². The van der Waals surface area contributed by atoms with Gasteiger partial charge < -0.3 is 19.5 Å². The molecule has 0 saturated carbocycles. The van der Waals surface area contributed by atoms with Crippen LogP contribution in [0.25, 0.3) is 0 Å². The third-order valence-corrected chi connectivity index (χ3v) is 3.28. The lowest BCUT2D eigenvalue weighted by atomic mass is 10.2. The summed E-state index contributed by atoms with van der Waals surface area (Å²) in [5.41, 5.74) is 0.498. The molecule has 0 bridgehead atoms. The van der Waals surface area contributed by atoms with E-state index in [-0.39, 0.29) is 0 Å². The van der Waals surface area contributed by atoms with Crippen LogP contribution in [0.1, 0.15) is 0 Å². The highest BCUT2D eigenvalue weighted by atomic mass is 35.5. The van der Waals surface area contributed by atoms with E-state index in [1.54, 1.807) is 0 Å². The average Bonchev–Trinajstić information content (AvgIpc) is 2.37. The Morgan fingerprint density at radius 3 is 3.17 bits per heavy atom. The summed E-state index contributed by atoms with van der Waals surface area (Å²) in [6.45, 7) is 2.43. The molecule has 6 heteroatoms. The van der Waals surface area contributed by atoms with Crippen LogP contribution in [-0.4, -0.2) is 43.1 Å². The highest BCUT2D eigenvalue weighted by molar-refractivity contribution is 6.20. The molecule has 1 aromatic carbocycles. The topological polar surface area (TPSA) is 54.0 Å². The predicted octanol–water partition coefficient (Wildman–Crippen LogP) is 0.751. The summed E-state index contributed by atoms with van der Waals surface area (Å²) < 4.78 is 11.2. The van der Waals surface area contributed by atoms with E-state index in [4.69, 9.17) is 21.1 Å². The number of nitrogens with zero attached hydrogens (tertiary/aromatic N) is 1. The molecular formula is C12H15ClN2O3. The molecule has 0 spiro atoms. The summed E-state index contributed by atoms with van der Waals surface area (Å²) in [7, 11) is 0. The van der Waals surface area contributed by atoms with Crippen LogP contribution in [-0.2, 0) is 0 Å². The van der Waals surface area contributed by atoms with E-state index in [2.05, 4.69) is 10.2 Å². The van der Waals surface area contributed by atoms with E-state index in [1.807, 2.05) is 18.2 Å². The number of anilines is 1. The normalized spacial score (nSPS) is 27.1. The molecule has 2 aliphatic rings. The zero-order valence-corrected chi connectivity index (χ0v) is 10.6. The Balaban J connectivity index is 1.90. The summed E-state index contributed by atoms with van der Waals surface area (Å²) in [6, 6.07) is 5.71. The number of ether oxygens (including phenoxy) is 2. The molecule has 0 amide bonds. The van der Waals surface area contributed by atoms with Crippen LogP contribution >= 0.6 is 11.6 Å². The standard InChI is InChI=1S/C12H15ClN2O3/c13-10-7-17-12-8(2-1-3-9(12)18-10)15-5-4-14-11(16)6-15/h1-3,10-11,14,16H,4-7H2. The molecule has 18 heavy (non-hydrogen) atoms. The van der Waals surface area contributed by atoms with Gasteiger partial charge in [0.1, 0.15) is 12.8 Å². The fourth-order valence-electron chi connectivity index (χ4n) is 2.26. The number of nitrogens with one attached hydrogen (secondary N) is 1. The smallest absolute Gasteiger partial charge is 0.206 e. The van der Waals surface area contributed by atoms with Crippen LogP contribution in [0, 0.1) is 0 Å². The first kappa shape index (κ1) is 11.9. The first-order chi connectivity index (χ1) is 8.74. The van der Waals surface area contributed by atoms with Crippen molar-refractivity contribution in [2.45, 2.75) is 11.8 Å². The van der Waals surface area contributed by atoms with Crippen LogP contribution in [0.15, 0.2) is 18.2 Å². The van der Waals surface area contributed by atoms with Crippen LogP contribution in [0.2, 0.25) is 0 Å². The maximum atomic E-state index is 9.64. The molecule has 2 atom stereocenters. The number of alkyl halides is 1. The van der Waals surface area contributed by atoms with E-state index < -0.39 is 11.8 Å². The lowest BCUT2D eigenvalue weighted by Gasteiger charge is -2.35. The van der Waals surface area contributed by atoms with Gasteiger partial charge in [-0.05, 0) is 12.1 Å². The van der Waals surface area contributed by atoms with Crippen LogP contribution in [0.3, 0.4) is 0 Å². The number of aliphatic hydroxyl groups excluding tert-OH is 1. The van der Waals surface area contributed by atoms with Gasteiger partial charge in [0.05, 0.1) is 12.2 Å². The second-order valence-corrected chi connectivity index (χ2v) is 4.85. The molecule has 2 aliphatic heterocycles. The van der Waals surface area contributed by atoms with Crippen molar-refractivity contribution >= 4 is 17.3 Å². The highest BCUT2D eigenvalue weighted by Gasteiger charge is 2.26. The van der Waals surface area contributed by atoms with Crippen molar-refractivity contribution < 1.29 is 14.6 Å². The summed E-state index contributed by atoms with van der Waals surface area (Å²) >= 11 is 5.89. The fourth-order valence-corrected chi connectivity index (χ4v) is 2.42. The molecule has 3 rings (SSSR count). The molecular weight excluding hydrogens is 256 g/mol. The molecule has 1 fully saturated rings. The minimum absolute atomic E-state index is 0.334. The van der Waals surface area contributed by atoms with Crippen LogP contribution in [0.4, 0.5) is 5.69 Å². The van der Waals surface area contributed by atoms with Crippen LogP contribution in [0.5, 0.6) is 11.5 Å². The van der Waals surface area contributed by atoms with Gasteiger partial charge in [-0.15, -0.1) is 0 Å². The third kappa shape index (κ3) is 2.21. The molecule has 2 N–H and O–H groups in total. The Morgan fingerprint density at radius 1 is 1.44 bits per heavy atom. The quantitative estimate of drug-likeness (QED) is 0.738. The van der Waals surface area contributed by atoms with E-state index in [0.717, 1.165) is 18.8 Å². The number of piperazine rings is 1. The Kier molecular flexibility index (Phi) is 3.20. The summed E-state index contributed by atoms with van der Waals surface area (Å²) in [5, 5.41) is 12.6. The molecule has 1 saturated heterocycles. The Labute approximate surface area is 110 Å². The van der Waals surface area contributed by atoms with Gasteiger partial charge in [-0.3, -0.25) is 5.32 Å². The van der Waals surface area contributed by atoms with E-state index >= 15 is 0 Å². The molecule has 0 aromatic heterocycles. The Bertz CT molecular complexity index is 443. The molecule has 1 aromatic rings. The second kappa shape index (κ2) is 4.84. The number of β-amino-alcohol motifs (C(OH)–C–C–N with tert-alkyl or cyclic N) is 1. The van der Waals surface area contributed by atoms with E-state index in [1.165, 1.54) is 0 Å². The highest BCUT2D eigenvalue weighted by Crippen LogP contribution is 2.41. The van der Waals surface area contributed by atoms with Crippen molar-refractivity contribution in [1.29, 1.82) is 0 Å². The SMILES string of the molecule is OC1CN(c2cccc3c2OCC(Cl)O3)CCN1. The molecule has 98 valence electrons. The number of benzene rings is 1. The molecule has 0 radical (unpaired) electrons. The predicted molar refractivity (Wildman–Crippen MR) is 68.4 cm³/mol. The van der Waals surface area contributed by atoms with Gasteiger partial charge in [-0.2, -0.15) is 0 Å². The number of fused-ring (bicyclic) bond motifs is 1. The summed E-state index contributed by atoms with van der Waals surface area (Å²) in [5.74, 6) is 1.37. The van der Waals surface area contributed by atoms with Crippen molar-refractivity contribution in [2.75, 3.05) is 31.1 Å². The average molecular weight is 271 g/mol. The van der Waals surface area contributed by atoms with Gasteiger partial charge in [0.2, 0.25) is 5.56 Å². The number of hydrogen-bond acceptors (Lipinski definition) is 5. The number of halogens is 1. The third-order valence-electron chi connectivity index (χ3n) is 3.07. The monoisotopic (exact) mass is 270 g/mol. The largest absolute Gasteiger partial charge is 0.482 e. The first-order valence-electron chi connectivity index (χ1n) is 5.97. The first-order valence-corrected chi connectivity index (χ1v) is 6.40. The number of rotatable bonds is 1. The fraction of sp³-hybridized carbons (Fsp3) is 0.500. The number of aliphatic hydroxyl groups is 1. The van der Waals surface area contributed by atoms with Crippen LogP contribution < -0.4 is 19.7 Å². The molecule has 2 unspecified atom stereocenters. The van der Waals surface area contributed by atoms with Gasteiger partial charge in [0.15, 0.2) is 11.5 Å². The summed E-state index contributed by atoms with van der Waals surface area (Å²) in [4.78, 5) is 2.08. The maximum absolute atomic E-state index is 9.64. The van der Waals surface area contributed by atoms with E-state index in [9.17, 15) is 5.11 Å².